The highest BCUT2D eigenvalue weighted by molar-refractivity contribution is 6.34. The van der Waals surface area contributed by atoms with Crippen molar-refractivity contribution in [3.05, 3.63) is 23.2 Å². The fourth-order valence-corrected chi connectivity index (χ4v) is 2.55. The third kappa shape index (κ3) is 2.47. The van der Waals surface area contributed by atoms with Crippen molar-refractivity contribution in [1.29, 1.82) is 0 Å². The van der Waals surface area contributed by atoms with Crippen LogP contribution in [0, 0.1) is 5.92 Å². The van der Waals surface area contributed by atoms with Crippen LogP contribution in [-0.4, -0.2) is 19.0 Å². The molecule has 2 rings (SSSR count). The van der Waals surface area contributed by atoms with Gasteiger partial charge in [-0.25, -0.2) is 0 Å². The van der Waals surface area contributed by atoms with Crippen LogP contribution < -0.4 is 16.4 Å². The van der Waals surface area contributed by atoms with E-state index in [-0.39, 0.29) is 11.8 Å². The molecule has 1 amide bonds. The molecule has 0 unspecified atom stereocenters. The molecule has 1 saturated heterocycles. The lowest BCUT2D eigenvalue weighted by molar-refractivity contribution is -0.122. The molecule has 0 aromatic heterocycles. The highest BCUT2D eigenvalue weighted by Gasteiger charge is 2.25. The number of para-hydroxylation sites is 1. The van der Waals surface area contributed by atoms with E-state index >= 15 is 0 Å². The maximum atomic E-state index is 11.1. The Bertz CT molecular complexity index is 408. The molecule has 1 aliphatic rings. The van der Waals surface area contributed by atoms with Gasteiger partial charge in [0.2, 0.25) is 5.91 Å². The number of benzene rings is 1. The number of carbonyl (C=O) groups is 1. The summed E-state index contributed by atoms with van der Waals surface area (Å²) in [5.74, 6) is -0.230. The van der Waals surface area contributed by atoms with Gasteiger partial charge in [-0.2, -0.15) is 0 Å². The third-order valence-corrected chi connectivity index (χ3v) is 3.54. The second-order valence-corrected chi connectivity index (χ2v) is 4.75. The summed E-state index contributed by atoms with van der Waals surface area (Å²) in [4.78, 5) is 13.2. The van der Waals surface area contributed by atoms with Crippen molar-refractivity contribution < 1.29 is 4.79 Å². The fraction of sp³-hybridized carbons (Fsp3) is 0.417. The van der Waals surface area contributed by atoms with E-state index < -0.39 is 0 Å². The van der Waals surface area contributed by atoms with Gasteiger partial charge in [0.15, 0.2) is 0 Å². The minimum atomic E-state index is -0.211. The van der Waals surface area contributed by atoms with Crippen LogP contribution in [0.2, 0.25) is 5.02 Å². The summed E-state index contributed by atoms with van der Waals surface area (Å²) in [5, 5.41) is 0.655. The maximum Gasteiger partial charge on any atom is 0.220 e. The second-order valence-electron chi connectivity index (χ2n) is 4.34. The van der Waals surface area contributed by atoms with Crippen molar-refractivity contribution >= 4 is 28.9 Å². The number of nitrogens with two attached hydrogens (primary N) is 2. The number of halogens is 1. The molecule has 5 heteroatoms. The lowest BCUT2D eigenvalue weighted by Crippen LogP contribution is -2.38. The number of piperidine rings is 1. The van der Waals surface area contributed by atoms with E-state index in [1.807, 2.05) is 18.2 Å². The monoisotopic (exact) mass is 253 g/mol. The van der Waals surface area contributed by atoms with Crippen LogP contribution in [0.3, 0.4) is 0 Å². The number of primary amides is 1. The smallest absolute Gasteiger partial charge is 0.220 e. The van der Waals surface area contributed by atoms with Gasteiger partial charge in [-0.1, -0.05) is 17.7 Å². The number of carbonyl (C=O) groups excluding carboxylic acids is 1. The molecule has 0 atom stereocenters. The molecule has 4 nitrogen and oxygen atoms in total. The molecule has 0 spiro atoms. The van der Waals surface area contributed by atoms with E-state index in [2.05, 4.69) is 4.90 Å². The number of hydrogen-bond donors (Lipinski definition) is 2. The van der Waals surface area contributed by atoms with E-state index in [9.17, 15) is 4.79 Å². The van der Waals surface area contributed by atoms with Crippen LogP contribution in [-0.2, 0) is 4.79 Å². The van der Waals surface area contributed by atoms with E-state index in [1.165, 1.54) is 0 Å². The van der Waals surface area contributed by atoms with Gasteiger partial charge in [-0.3, -0.25) is 4.79 Å². The second kappa shape index (κ2) is 4.84. The minimum absolute atomic E-state index is 0.0186. The van der Waals surface area contributed by atoms with Crippen molar-refractivity contribution in [2.75, 3.05) is 23.7 Å². The van der Waals surface area contributed by atoms with Gasteiger partial charge in [-0.05, 0) is 25.0 Å². The van der Waals surface area contributed by atoms with E-state index in [1.54, 1.807) is 0 Å². The number of rotatable bonds is 2. The topological polar surface area (TPSA) is 72.4 Å². The zero-order chi connectivity index (χ0) is 12.4. The summed E-state index contributed by atoms with van der Waals surface area (Å²) >= 11 is 6.15. The maximum absolute atomic E-state index is 11.1. The largest absolute Gasteiger partial charge is 0.397 e. The molecule has 92 valence electrons. The summed E-state index contributed by atoms with van der Waals surface area (Å²) in [6, 6.07) is 5.49. The quantitative estimate of drug-likeness (QED) is 0.787. The Labute approximate surface area is 106 Å². The van der Waals surface area contributed by atoms with Crippen molar-refractivity contribution in [2.24, 2.45) is 11.7 Å². The first-order valence-corrected chi connectivity index (χ1v) is 6.05. The Morgan fingerprint density at radius 3 is 2.53 bits per heavy atom. The van der Waals surface area contributed by atoms with Crippen LogP contribution in [0.5, 0.6) is 0 Å². The minimum Gasteiger partial charge on any atom is -0.397 e. The van der Waals surface area contributed by atoms with E-state index in [4.69, 9.17) is 23.1 Å². The molecule has 0 saturated carbocycles. The molecule has 1 aliphatic heterocycles. The van der Waals surface area contributed by atoms with Crippen LogP contribution in [0.1, 0.15) is 12.8 Å². The average Bonchev–Trinajstić information content (AvgIpc) is 2.29. The molecule has 4 N–H and O–H groups in total. The first kappa shape index (κ1) is 12.0. The number of anilines is 2. The zero-order valence-corrected chi connectivity index (χ0v) is 10.3. The Kier molecular flexibility index (Phi) is 3.43. The molecule has 1 aromatic carbocycles. The summed E-state index contributed by atoms with van der Waals surface area (Å²) < 4.78 is 0. The number of hydrogen-bond acceptors (Lipinski definition) is 3. The standard InChI is InChI=1S/C12H16ClN3O/c13-9-2-1-3-10(14)11(9)16-6-4-8(5-7-16)12(15)17/h1-3,8H,4-7,14H2,(H2,15,17). The van der Waals surface area contributed by atoms with Gasteiger partial charge < -0.3 is 16.4 Å². The van der Waals surface area contributed by atoms with E-state index in [0.717, 1.165) is 31.6 Å². The van der Waals surface area contributed by atoms with Crippen molar-refractivity contribution in [2.45, 2.75) is 12.8 Å². The third-order valence-electron chi connectivity index (χ3n) is 3.23. The summed E-state index contributed by atoms with van der Waals surface area (Å²) in [5.41, 5.74) is 12.8. The lowest BCUT2D eigenvalue weighted by Gasteiger charge is -2.33. The summed E-state index contributed by atoms with van der Waals surface area (Å²) in [6.45, 7) is 1.53. The Morgan fingerprint density at radius 2 is 2.00 bits per heavy atom. The first-order chi connectivity index (χ1) is 8.09. The van der Waals surface area contributed by atoms with Crippen LogP contribution in [0.15, 0.2) is 18.2 Å². The molecule has 1 aromatic rings. The van der Waals surface area contributed by atoms with Crippen LogP contribution in [0.25, 0.3) is 0 Å². The molecular formula is C12H16ClN3O. The van der Waals surface area contributed by atoms with Crippen molar-refractivity contribution in [3.63, 3.8) is 0 Å². The first-order valence-electron chi connectivity index (χ1n) is 5.68. The normalized spacial score (nSPS) is 17.1. The molecule has 0 bridgehead atoms. The molecule has 0 aliphatic carbocycles. The molecular weight excluding hydrogens is 238 g/mol. The van der Waals surface area contributed by atoms with E-state index in [0.29, 0.717) is 10.7 Å². The van der Waals surface area contributed by atoms with Gasteiger partial charge >= 0.3 is 0 Å². The van der Waals surface area contributed by atoms with Gasteiger partial charge in [0.1, 0.15) is 0 Å². The summed E-state index contributed by atoms with van der Waals surface area (Å²) in [6.07, 6.45) is 1.53. The highest BCUT2D eigenvalue weighted by atomic mass is 35.5. The lowest BCUT2D eigenvalue weighted by atomic mass is 9.96. The van der Waals surface area contributed by atoms with Gasteiger partial charge in [0.25, 0.3) is 0 Å². The molecule has 0 radical (unpaired) electrons. The summed E-state index contributed by atoms with van der Waals surface area (Å²) in [7, 11) is 0. The van der Waals surface area contributed by atoms with Crippen molar-refractivity contribution in [1.82, 2.24) is 0 Å². The number of amides is 1. The fourth-order valence-electron chi connectivity index (χ4n) is 2.25. The Hall–Kier alpha value is -1.42. The van der Waals surface area contributed by atoms with Gasteiger partial charge in [-0.15, -0.1) is 0 Å². The SMILES string of the molecule is NC(=O)C1CCN(c2c(N)cccc2Cl)CC1. The predicted octanol–water partition coefficient (Wildman–Crippen LogP) is 1.62. The van der Waals surface area contributed by atoms with Crippen LogP contribution >= 0.6 is 11.6 Å². The molecule has 1 fully saturated rings. The zero-order valence-electron chi connectivity index (χ0n) is 9.53. The van der Waals surface area contributed by atoms with Gasteiger partial charge in [0, 0.05) is 19.0 Å². The Morgan fingerprint density at radius 1 is 1.35 bits per heavy atom. The Balaban J connectivity index is 2.13. The highest BCUT2D eigenvalue weighted by Crippen LogP contribution is 2.34. The molecule has 17 heavy (non-hydrogen) atoms. The van der Waals surface area contributed by atoms with Crippen molar-refractivity contribution in [3.8, 4) is 0 Å². The molecule has 1 heterocycles. The number of nitrogen functional groups attached to an aromatic ring is 1. The predicted molar refractivity (Wildman–Crippen MR) is 70.0 cm³/mol. The van der Waals surface area contributed by atoms with Gasteiger partial charge in [0.05, 0.1) is 16.4 Å². The number of nitrogens with zero attached hydrogens (tertiary/aromatic N) is 1. The van der Waals surface area contributed by atoms with Crippen LogP contribution in [0.4, 0.5) is 11.4 Å². The average molecular weight is 254 g/mol.